The summed E-state index contributed by atoms with van der Waals surface area (Å²) < 4.78 is 27.7. The molecule has 0 N–H and O–H groups in total. The Hall–Kier alpha value is -1.38. The van der Waals surface area contributed by atoms with Gasteiger partial charge in [-0.15, -0.1) is 0 Å². The van der Waals surface area contributed by atoms with E-state index < -0.39 is 12.4 Å². The molecule has 0 aliphatic carbocycles. The molecular formula is C34H64NO7. The van der Waals surface area contributed by atoms with Crippen LogP contribution in [0.5, 0.6) is 0 Å². The van der Waals surface area contributed by atoms with Gasteiger partial charge in [0.25, 0.3) is 0 Å². The molecule has 0 aromatic carbocycles. The highest BCUT2D eigenvalue weighted by molar-refractivity contribution is 5.69. The number of unbranched alkanes of at least 4 members (excludes halogenated alkanes) is 10. The Kier molecular flexibility index (Phi) is 26.1. The van der Waals surface area contributed by atoms with Crippen LogP contribution in [0.4, 0.5) is 4.79 Å². The summed E-state index contributed by atoms with van der Waals surface area (Å²) in [7, 11) is 0. The zero-order valence-electron chi connectivity index (χ0n) is 27.3. The Morgan fingerprint density at radius 2 is 1.21 bits per heavy atom. The van der Waals surface area contributed by atoms with Crippen LogP contribution in [0.2, 0.25) is 0 Å². The van der Waals surface area contributed by atoms with E-state index in [0.717, 1.165) is 51.7 Å². The van der Waals surface area contributed by atoms with E-state index in [2.05, 4.69) is 25.7 Å². The number of likely N-dealkylation sites (tertiary alicyclic amines) is 1. The first-order chi connectivity index (χ1) is 20.5. The van der Waals surface area contributed by atoms with E-state index in [0.29, 0.717) is 26.2 Å². The molecule has 247 valence electrons. The normalized spacial score (nSPS) is 15.0. The highest BCUT2D eigenvalue weighted by Crippen LogP contribution is 2.13. The highest BCUT2D eigenvalue weighted by Gasteiger charge is 2.16. The number of carbonyl (C=O) groups excluding carboxylic acids is 2. The third-order valence-corrected chi connectivity index (χ3v) is 7.64. The van der Waals surface area contributed by atoms with E-state index in [1.807, 2.05) is 0 Å². The average Bonchev–Trinajstić information content (AvgIpc) is 3.27. The van der Waals surface area contributed by atoms with E-state index in [1.165, 1.54) is 77.0 Å². The summed E-state index contributed by atoms with van der Waals surface area (Å²) in [5, 5.41) is 0. The van der Waals surface area contributed by atoms with Crippen molar-refractivity contribution < 1.29 is 33.3 Å². The van der Waals surface area contributed by atoms with Gasteiger partial charge >= 0.3 is 12.1 Å². The fraction of sp³-hybridized carbons (Fsp3) is 0.912. The molecule has 8 nitrogen and oxygen atoms in total. The fourth-order valence-corrected chi connectivity index (χ4v) is 5.01. The topological polar surface area (TPSA) is 83.5 Å². The molecule has 1 saturated heterocycles. The molecule has 8 heteroatoms. The zero-order chi connectivity index (χ0) is 30.5. The van der Waals surface area contributed by atoms with Crippen molar-refractivity contribution in [1.29, 1.82) is 0 Å². The maximum Gasteiger partial charge on any atom is 0.508 e. The molecule has 0 amide bonds. The Morgan fingerprint density at radius 3 is 1.81 bits per heavy atom. The van der Waals surface area contributed by atoms with Crippen molar-refractivity contribution in [2.24, 2.45) is 5.92 Å². The molecule has 1 aliphatic rings. The molecule has 1 radical (unpaired) electrons. The molecule has 1 rings (SSSR count). The van der Waals surface area contributed by atoms with Gasteiger partial charge in [-0.1, -0.05) is 90.9 Å². The van der Waals surface area contributed by atoms with E-state index >= 15 is 0 Å². The minimum Gasteiger partial charge on any atom is -0.465 e. The summed E-state index contributed by atoms with van der Waals surface area (Å²) >= 11 is 0. The quantitative estimate of drug-likeness (QED) is 0.0531. The molecule has 1 aliphatic heterocycles. The molecule has 0 aromatic heterocycles. The minimum absolute atomic E-state index is 0.0452. The molecule has 1 unspecified atom stereocenters. The predicted octanol–water partition coefficient (Wildman–Crippen LogP) is 8.26. The van der Waals surface area contributed by atoms with E-state index in [4.69, 9.17) is 23.7 Å². The zero-order valence-corrected chi connectivity index (χ0v) is 27.3. The average molecular weight is 599 g/mol. The Morgan fingerprint density at radius 1 is 0.667 bits per heavy atom. The lowest BCUT2D eigenvalue weighted by Gasteiger charge is -2.19. The third kappa shape index (κ3) is 24.1. The first-order valence-corrected chi connectivity index (χ1v) is 17.3. The van der Waals surface area contributed by atoms with E-state index in [1.54, 1.807) is 0 Å². The van der Waals surface area contributed by atoms with Crippen LogP contribution in [-0.2, 0) is 28.5 Å². The van der Waals surface area contributed by atoms with Gasteiger partial charge in [0.2, 0.25) is 0 Å². The van der Waals surface area contributed by atoms with Gasteiger partial charge in [-0.3, -0.25) is 4.79 Å². The van der Waals surface area contributed by atoms with Gasteiger partial charge in [-0.25, -0.2) is 4.79 Å². The standard InChI is InChI=1S/C34H64NO7/c1-4-6-8-10-14-18-26-38-33(39-27-19-15-11-9-7-5-2)22-21-32(36)41-29-31(3)30-42-34(37)40-28-20-25-35-23-16-12-13-17-24-35/h31,33H,3-30H2,1-2H3. The van der Waals surface area contributed by atoms with Crippen LogP contribution in [0.25, 0.3) is 0 Å². The summed E-state index contributed by atoms with van der Waals surface area (Å²) in [6.45, 7) is 13.3. The molecule has 1 heterocycles. The smallest absolute Gasteiger partial charge is 0.465 e. The summed E-state index contributed by atoms with van der Waals surface area (Å²) in [5.74, 6) is -0.682. The largest absolute Gasteiger partial charge is 0.508 e. The second-order valence-electron chi connectivity index (χ2n) is 11.8. The molecular weight excluding hydrogens is 534 g/mol. The van der Waals surface area contributed by atoms with Gasteiger partial charge in [-0.2, -0.15) is 0 Å². The van der Waals surface area contributed by atoms with Crippen molar-refractivity contribution in [3.05, 3.63) is 6.92 Å². The third-order valence-electron chi connectivity index (χ3n) is 7.64. The lowest BCUT2D eigenvalue weighted by molar-refractivity contribution is -0.160. The predicted molar refractivity (Wildman–Crippen MR) is 168 cm³/mol. The summed E-state index contributed by atoms with van der Waals surface area (Å²) in [5.41, 5.74) is 0. The van der Waals surface area contributed by atoms with Crippen molar-refractivity contribution in [2.45, 2.75) is 142 Å². The van der Waals surface area contributed by atoms with Gasteiger partial charge < -0.3 is 28.6 Å². The molecule has 0 saturated carbocycles. The number of esters is 1. The molecule has 0 aromatic rings. The number of nitrogens with zero attached hydrogens (tertiary/aromatic N) is 1. The number of rotatable bonds is 27. The first kappa shape index (κ1) is 38.6. The van der Waals surface area contributed by atoms with Crippen LogP contribution in [-0.4, -0.2) is 76.0 Å². The minimum atomic E-state index is -0.696. The van der Waals surface area contributed by atoms with Gasteiger partial charge in [0.15, 0.2) is 6.29 Å². The van der Waals surface area contributed by atoms with Crippen LogP contribution < -0.4 is 0 Å². The van der Waals surface area contributed by atoms with Crippen molar-refractivity contribution >= 4 is 12.1 Å². The number of hydrogen-bond donors (Lipinski definition) is 0. The molecule has 0 bridgehead atoms. The van der Waals surface area contributed by atoms with E-state index in [9.17, 15) is 9.59 Å². The van der Waals surface area contributed by atoms with Crippen LogP contribution in [0.15, 0.2) is 0 Å². The second-order valence-corrected chi connectivity index (χ2v) is 11.8. The number of ether oxygens (including phenoxy) is 5. The highest BCUT2D eigenvalue weighted by atomic mass is 16.7. The van der Waals surface area contributed by atoms with Crippen molar-refractivity contribution in [2.75, 3.05) is 52.7 Å². The van der Waals surface area contributed by atoms with E-state index in [-0.39, 0.29) is 31.5 Å². The Bertz CT molecular complexity index is 607. The maximum absolute atomic E-state index is 12.4. The van der Waals surface area contributed by atoms with Crippen LogP contribution >= 0.6 is 0 Å². The van der Waals surface area contributed by atoms with Crippen molar-refractivity contribution in [3.63, 3.8) is 0 Å². The van der Waals surface area contributed by atoms with Crippen molar-refractivity contribution in [3.8, 4) is 0 Å². The van der Waals surface area contributed by atoms with Gasteiger partial charge in [0.1, 0.15) is 6.61 Å². The monoisotopic (exact) mass is 598 g/mol. The summed E-state index contributed by atoms with van der Waals surface area (Å²) in [4.78, 5) is 26.7. The van der Waals surface area contributed by atoms with Crippen molar-refractivity contribution in [1.82, 2.24) is 4.90 Å². The Labute approximate surface area is 257 Å². The van der Waals surface area contributed by atoms with Gasteiger partial charge in [0.05, 0.1) is 19.6 Å². The van der Waals surface area contributed by atoms with Crippen LogP contribution in [0.3, 0.4) is 0 Å². The summed E-state index contributed by atoms with van der Waals surface area (Å²) in [6, 6.07) is 0. The lowest BCUT2D eigenvalue weighted by Crippen LogP contribution is -2.27. The van der Waals surface area contributed by atoms with Crippen LogP contribution in [0.1, 0.15) is 136 Å². The first-order valence-electron chi connectivity index (χ1n) is 17.3. The SMILES string of the molecule is [CH2]C(COC(=O)CCC(OCCCCCCCC)OCCCCCCCC)COC(=O)OCCCN1CCCCCC1. The fourth-order valence-electron chi connectivity index (χ4n) is 5.01. The Balaban J connectivity index is 2.18. The van der Waals surface area contributed by atoms with Gasteiger partial charge in [-0.05, 0) is 52.1 Å². The molecule has 1 atom stereocenters. The number of hydrogen-bond acceptors (Lipinski definition) is 8. The lowest BCUT2D eigenvalue weighted by atomic mass is 10.1. The second kappa shape index (κ2) is 28.4. The van der Waals surface area contributed by atoms with Gasteiger partial charge in [0, 0.05) is 32.1 Å². The summed E-state index contributed by atoms with van der Waals surface area (Å²) in [6.07, 6.45) is 19.9. The maximum atomic E-state index is 12.4. The molecule has 1 fully saturated rings. The molecule has 0 spiro atoms. The molecule has 42 heavy (non-hydrogen) atoms. The number of carbonyl (C=O) groups is 2. The van der Waals surface area contributed by atoms with Crippen LogP contribution in [0, 0.1) is 12.8 Å².